The van der Waals surface area contributed by atoms with E-state index in [0.717, 1.165) is 30.4 Å². The highest BCUT2D eigenvalue weighted by atomic mass is 16.4. The third-order valence-corrected chi connectivity index (χ3v) is 6.34. The third kappa shape index (κ3) is 12.0. The topological polar surface area (TPSA) is 95.5 Å². The number of amides is 2. The number of carbonyl (C=O) groups excluding carboxylic acids is 2. The van der Waals surface area contributed by atoms with Crippen molar-refractivity contribution in [3.8, 4) is 0 Å². The van der Waals surface area contributed by atoms with Crippen LogP contribution in [-0.4, -0.2) is 35.0 Å². The smallest absolute Gasteiger partial charge is 0.326 e. The largest absolute Gasteiger partial charge is 0.480 e. The number of nitrogens with one attached hydrogen (secondary N) is 2. The quantitative estimate of drug-likeness (QED) is 0.240. The Morgan fingerprint density at radius 2 is 1.14 bits per heavy atom. The minimum Gasteiger partial charge on any atom is -0.480 e. The lowest BCUT2D eigenvalue weighted by Crippen LogP contribution is -2.53. The van der Waals surface area contributed by atoms with Gasteiger partial charge in [-0.2, -0.15) is 0 Å². The van der Waals surface area contributed by atoms with E-state index in [0.29, 0.717) is 12.8 Å². The average molecular weight is 495 g/mol. The van der Waals surface area contributed by atoms with E-state index in [1.807, 2.05) is 60.7 Å². The zero-order chi connectivity index (χ0) is 26.0. The monoisotopic (exact) mass is 494 g/mol. The molecule has 0 aromatic heterocycles. The van der Waals surface area contributed by atoms with Crippen LogP contribution in [0.5, 0.6) is 0 Å². The maximum Gasteiger partial charge on any atom is 0.326 e. The van der Waals surface area contributed by atoms with E-state index in [4.69, 9.17) is 0 Å². The van der Waals surface area contributed by atoms with Crippen LogP contribution in [0.3, 0.4) is 0 Å². The molecule has 6 nitrogen and oxygen atoms in total. The highest BCUT2D eigenvalue weighted by Gasteiger charge is 2.27. The van der Waals surface area contributed by atoms with Crippen molar-refractivity contribution in [1.29, 1.82) is 0 Å². The standard InChI is InChI=1S/C30H42N2O4/c1-2-3-4-5-6-7-8-9-16-21-28(33)31-26(22-24-17-12-10-13-18-24)29(34)32-27(30(35)36)23-25-19-14-11-15-20-25/h10-15,17-20,26-27H,2-9,16,21-23H2,1H3,(H,31,33)(H,32,34)(H,35,36)/t26-,27+/m0/s1. The molecule has 196 valence electrons. The summed E-state index contributed by atoms with van der Waals surface area (Å²) in [6.45, 7) is 2.22. The van der Waals surface area contributed by atoms with Crippen molar-refractivity contribution in [1.82, 2.24) is 10.6 Å². The van der Waals surface area contributed by atoms with Gasteiger partial charge in [0.25, 0.3) is 0 Å². The summed E-state index contributed by atoms with van der Waals surface area (Å²) in [5.41, 5.74) is 1.72. The maximum absolute atomic E-state index is 13.1. The minimum atomic E-state index is -1.10. The van der Waals surface area contributed by atoms with Gasteiger partial charge in [0, 0.05) is 19.3 Å². The molecular formula is C30H42N2O4. The lowest BCUT2D eigenvalue weighted by molar-refractivity contribution is -0.142. The predicted octanol–water partition coefficient (Wildman–Crippen LogP) is 5.45. The van der Waals surface area contributed by atoms with Gasteiger partial charge in [0.2, 0.25) is 11.8 Å². The van der Waals surface area contributed by atoms with E-state index in [9.17, 15) is 19.5 Å². The first kappa shape index (κ1) is 29.1. The lowest BCUT2D eigenvalue weighted by atomic mass is 10.0. The van der Waals surface area contributed by atoms with Gasteiger partial charge < -0.3 is 15.7 Å². The Bertz CT molecular complexity index is 902. The number of carboxylic acids is 1. The fourth-order valence-corrected chi connectivity index (χ4v) is 4.24. The van der Waals surface area contributed by atoms with Crippen molar-refractivity contribution in [2.75, 3.05) is 0 Å². The third-order valence-electron chi connectivity index (χ3n) is 6.34. The van der Waals surface area contributed by atoms with Crippen LogP contribution in [0, 0.1) is 0 Å². The van der Waals surface area contributed by atoms with Crippen molar-refractivity contribution < 1.29 is 19.5 Å². The molecule has 0 aliphatic heterocycles. The van der Waals surface area contributed by atoms with Gasteiger partial charge in [0.15, 0.2) is 0 Å². The van der Waals surface area contributed by atoms with Gasteiger partial charge in [0.05, 0.1) is 0 Å². The SMILES string of the molecule is CCCCCCCCCCCC(=O)N[C@@H](Cc1ccccc1)C(=O)N[C@H](Cc1ccccc1)C(=O)O. The molecule has 0 spiro atoms. The summed E-state index contributed by atoms with van der Waals surface area (Å²) in [4.78, 5) is 37.6. The lowest BCUT2D eigenvalue weighted by Gasteiger charge is -2.22. The summed E-state index contributed by atoms with van der Waals surface area (Å²) in [7, 11) is 0. The Labute approximate surface area is 215 Å². The number of hydrogen-bond donors (Lipinski definition) is 3. The fourth-order valence-electron chi connectivity index (χ4n) is 4.24. The molecule has 0 aliphatic carbocycles. The van der Waals surface area contributed by atoms with Crippen LogP contribution in [0.15, 0.2) is 60.7 Å². The van der Waals surface area contributed by atoms with Gasteiger partial charge in [0.1, 0.15) is 12.1 Å². The summed E-state index contributed by atoms with van der Waals surface area (Å²) < 4.78 is 0. The Hall–Kier alpha value is -3.15. The van der Waals surface area contributed by atoms with Crippen LogP contribution in [0.2, 0.25) is 0 Å². The molecule has 3 N–H and O–H groups in total. The highest BCUT2D eigenvalue weighted by Crippen LogP contribution is 2.11. The normalized spacial score (nSPS) is 12.5. The summed E-state index contributed by atoms with van der Waals surface area (Å²) >= 11 is 0. The Balaban J connectivity index is 1.88. The van der Waals surface area contributed by atoms with Crippen LogP contribution >= 0.6 is 0 Å². The molecule has 0 radical (unpaired) electrons. The van der Waals surface area contributed by atoms with Crippen LogP contribution < -0.4 is 10.6 Å². The molecule has 6 heteroatoms. The number of aliphatic carboxylic acids is 1. The molecule has 0 saturated carbocycles. The maximum atomic E-state index is 13.1. The van der Waals surface area contributed by atoms with Gasteiger partial charge in [-0.05, 0) is 17.5 Å². The van der Waals surface area contributed by atoms with Crippen molar-refractivity contribution >= 4 is 17.8 Å². The minimum absolute atomic E-state index is 0.173. The van der Waals surface area contributed by atoms with Gasteiger partial charge in [-0.1, -0.05) is 119 Å². The molecular weight excluding hydrogens is 452 g/mol. The zero-order valence-electron chi connectivity index (χ0n) is 21.6. The molecule has 2 amide bonds. The van der Waals surface area contributed by atoms with Gasteiger partial charge in [-0.3, -0.25) is 9.59 Å². The summed E-state index contributed by atoms with van der Waals surface area (Å²) in [5.74, 6) is -1.77. The van der Waals surface area contributed by atoms with Crippen molar-refractivity contribution in [2.24, 2.45) is 0 Å². The number of unbranched alkanes of at least 4 members (excludes halogenated alkanes) is 8. The van der Waals surface area contributed by atoms with E-state index >= 15 is 0 Å². The number of benzene rings is 2. The Morgan fingerprint density at radius 3 is 1.64 bits per heavy atom. The second-order valence-electron chi connectivity index (χ2n) is 9.48. The van der Waals surface area contributed by atoms with Crippen molar-refractivity contribution in [3.63, 3.8) is 0 Å². The first-order valence-corrected chi connectivity index (χ1v) is 13.4. The average Bonchev–Trinajstić information content (AvgIpc) is 2.88. The van der Waals surface area contributed by atoms with E-state index in [2.05, 4.69) is 17.6 Å². The van der Waals surface area contributed by atoms with Crippen molar-refractivity contribution in [3.05, 3.63) is 71.8 Å². The molecule has 0 bridgehead atoms. The number of carboxylic acid groups (broad SMARTS) is 1. The van der Waals surface area contributed by atoms with Gasteiger partial charge in [-0.25, -0.2) is 4.79 Å². The van der Waals surface area contributed by atoms with Gasteiger partial charge in [-0.15, -0.1) is 0 Å². The molecule has 36 heavy (non-hydrogen) atoms. The summed E-state index contributed by atoms with van der Waals surface area (Å²) in [6, 6.07) is 16.7. The van der Waals surface area contributed by atoms with E-state index in [1.165, 1.54) is 38.5 Å². The molecule has 2 aromatic carbocycles. The number of rotatable bonds is 18. The second kappa shape index (κ2) is 17.3. The Morgan fingerprint density at radius 1 is 0.667 bits per heavy atom. The molecule has 2 rings (SSSR count). The summed E-state index contributed by atoms with van der Waals surface area (Å²) in [6.07, 6.45) is 11.3. The predicted molar refractivity (Wildman–Crippen MR) is 144 cm³/mol. The summed E-state index contributed by atoms with van der Waals surface area (Å²) in [5, 5.41) is 15.2. The van der Waals surface area contributed by atoms with Gasteiger partial charge >= 0.3 is 5.97 Å². The molecule has 0 heterocycles. The molecule has 0 aliphatic rings. The van der Waals surface area contributed by atoms with Crippen LogP contribution in [-0.2, 0) is 27.2 Å². The number of carbonyl (C=O) groups is 3. The fraction of sp³-hybridized carbons (Fsp3) is 0.500. The number of hydrogen-bond acceptors (Lipinski definition) is 3. The van der Waals surface area contributed by atoms with Crippen LogP contribution in [0.25, 0.3) is 0 Å². The van der Waals surface area contributed by atoms with E-state index < -0.39 is 24.0 Å². The zero-order valence-corrected chi connectivity index (χ0v) is 21.6. The molecule has 2 atom stereocenters. The van der Waals surface area contributed by atoms with Crippen molar-refractivity contribution in [2.45, 2.75) is 96.1 Å². The van der Waals surface area contributed by atoms with Crippen LogP contribution in [0.4, 0.5) is 0 Å². The Kier molecular flexibility index (Phi) is 14.0. The molecule has 0 fully saturated rings. The van der Waals surface area contributed by atoms with E-state index in [1.54, 1.807) is 0 Å². The molecule has 0 unspecified atom stereocenters. The molecule has 0 saturated heterocycles. The first-order chi connectivity index (χ1) is 17.5. The highest BCUT2D eigenvalue weighted by molar-refractivity contribution is 5.90. The first-order valence-electron chi connectivity index (χ1n) is 13.4. The van der Waals surface area contributed by atoms with E-state index in [-0.39, 0.29) is 12.3 Å². The second-order valence-corrected chi connectivity index (χ2v) is 9.48. The van der Waals surface area contributed by atoms with Crippen LogP contribution in [0.1, 0.15) is 82.3 Å². The molecule has 2 aromatic rings.